The summed E-state index contributed by atoms with van der Waals surface area (Å²) in [4.78, 5) is 0. The average Bonchev–Trinajstić information content (AvgIpc) is 2.29. The molecule has 0 aliphatic carbocycles. The minimum Gasteiger partial charge on any atom is -0.383 e. The van der Waals surface area contributed by atoms with Gasteiger partial charge >= 0.3 is 0 Å². The van der Waals surface area contributed by atoms with E-state index in [9.17, 15) is 0 Å². The van der Waals surface area contributed by atoms with Gasteiger partial charge in [0.1, 0.15) is 0 Å². The van der Waals surface area contributed by atoms with Crippen molar-refractivity contribution in [3.63, 3.8) is 0 Å². The van der Waals surface area contributed by atoms with Crippen molar-refractivity contribution in [3.05, 3.63) is 0 Å². The minimum atomic E-state index is 0.220. The van der Waals surface area contributed by atoms with Crippen molar-refractivity contribution in [2.24, 2.45) is 0 Å². The molecule has 1 heterocycles. The summed E-state index contributed by atoms with van der Waals surface area (Å²) in [7, 11) is 1.71. The molecule has 0 aromatic carbocycles. The van der Waals surface area contributed by atoms with E-state index in [0.717, 1.165) is 46.0 Å². The molecule has 1 saturated heterocycles. The van der Waals surface area contributed by atoms with Gasteiger partial charge in [-0.1, -0.05) is 0 Å². The van der Waals surface area contributed by atoms with E-state index in [4.69, 9.17) is 14.2 Å². The first kappa shape index (κ1) is 12.9. The zero-order valence-corrected chi connectivity index (χ0v) is 9.46. The van der Waals surface area contributed by atoms with Crippen molar-refractivity contribution in [3.8, 4) is 0 Å². The van der Waals surface area contributed by atoms with Crippen LogP contribution in [0.2, 0.25) is 0 Å². The number of hydrogen-bond donors (Lipinski definition) is 2. The van der Waals surface area contributed by atoms with Gasteiger partial charge in [-0.25, -0.2) is 0 Å². The highest BCUT2D eigenvalue weighted by molar-refractivity contribution is 4.64. The van der Waals surface area contributed by atoms with Gasteiger partial charge in [-0.2, -0.15) is 0 Å². The molecule has 1 aliphatic rings. The Morgan fingerprint density at radius 1 is 1.20 bits per heavy atom. The first-order valence-electron chi connectivity index (χ1n) is 5.53. The third-order valence-corrected chi connectivity index (χ3v) is 2.22. The van der Waals surface area contributed by atoms with Gasteiger partial charge in [0.2, 0.25) is 0 Å². The fraction of sp³-hybridized carbons (Fsp3) is 1.00. The van der Waals surface area contributed by atoms with Gasteiger partial charge in [0.25, 0.3) is 0 Å². The molecule has 5 nitrogen and oxygen atoms in total. The lowest BCUT2D eigenvalue weighted by molar-refractivity contribution is -0.0862. The summed E-state index contributed by atoms with van der Waals surface area (Å²) in [6.45, 7) is 6.60. The van der Waals surface area contributed by atoms with Crippen molar-refractivity contribution in [2.45, 2.75) is 6.10 Å². The maximum Gasteiger partial charge on any atom is 0.0933 e. The van der Waals surface area contributed by atoms with Crippen molar-refractivity contribution < 1.29 is 14.2 Å². The van der Waals surface area contributed by atoms with Gasteiger partial charge in [-0.3, -0.25) is 0 Å². The Hall–Kier alpha value is -0.200. The van der Waals surface area contributed by atoms with Crippen LogP contribution in [0.4, 0.5) is 0 Å². The molecule has 15 heavy (non-hydrogen) atoms. The van der Waals surface area contributed by atoms with Gasteiger partial charge in [0.05, 0.1) is 32.5 Å². The maximum atomic E-state index is 5.50. The summed E-state index contributed by atoms with van der Waals surface area (Å²) >= 11 is 0. The fourth-order valence-electron chi connectivity index (χ4n) is 1.39. The predicted molar refractivity (Wildman–Crippen MR) is 58.2 cm³/mol. The molecule has 1 rings (SSSR count). The molecule has 0 aromatic heterocycles. The first-order chi connectivity index (χ1) is 7.43. The molecule has 1 aliphatic heterocycles. The molecule has 0 saturated carbocycles. The minimum absolute atomic E-state index is 0.220. The van der Waals surface area contributed by atoms with Crippen LogP contribution in [0.25, 0.3) is 0 Å². The topological polar surface area (TPSA) is 51.8 Å². The van der Waals surface area contributed by atoms with E-state index in [1.165, 1.54) is 0 Å². The van der Waals surface area contributed by atoms with Crippen LogP contribution in [-0.4, -0.2) is 65.8 Å². The molecule has 0 radical (unpaired) electrons. The highest BCUT2D eigenvalue weighted by atomic mass is 16.6. The van der Waals surface area contributed by atoms with E-state index >= 15 is 0 Å². The van der Waals surface area contributed by atoms with Crippen molar-refractivity contribution in [2.75, 3.05) is 59.7 Å². The van der Waals surface area contributed by atoms with Crippen LogP contribution in [0.1, 0.15) is 0 Å². The molecular weight excluding hydrogens is 196 g/mol. The molecule has 1 fully saturated rings. The second kappa shape index (κ2) is 9.06. The Kier molecular flexibility index (Phi) is 7.77. The van der Waals surface area contributed by atoms with Gasteiger partial charge in [-0.15, -0.1) is 0 Å². The lowest BCUT2D eigenvalue weighted by Gasteiger charge is -2.23. The predicted octanol–water partition coefficient (Wildman–Crippen LogP) is -0.773. The Labute approximate surface area is 91.5 Å². The van der Waals surface area contributed by atoms with Gasteiger partial charge < -0.3 is 24.8 Å². The number of methoxy groups -OCH3 is 1. The smallest absolute Gasteiger partial charge is 0.0933 e. The second-order valence-corrected chi connectivity index (χ2v) is 3.51. The summed E-state index contributed by atoms with van der Waals surface area (Å²) in [6, 6.07) is 0. The van der Waals surface area contributed by atoms with Crippen LogP contribution in [0.5, 0.6) is 0 Å². The van der Waals surface area contributed by atoms with E-state index in [0.29, 0.717) is 6.61 Å². The van der Waals surface area contributed by atoms with Gasteiger partial charge in [0, 0.05) is 33.3 Å². The van der Waals surface area contributed by atoms with Crippen molar-refractivity contribution >= 4 is 0 Å². The molecule has 1 unspecified atom stereocenters. The average molecular weight is 218 g/mol. The third kappa shape index (κ3) is 6.81. The van der Waals surface area contributed by atoms with E-state index in [-0.39, 0.29) is 6.10 Å². The summed E-state index contributed by atoms with van der Waals surface area (Å²) in [6.07, 6.45) is 0.220. The van der Waals surface area contributed by atoms with Crippen LogP contribution >= 0.6 is 0 Å². The molecule has 5 heteroatoms. The largest absolute Gasteiger partial charge is 0.383 e. The summed E-state index contributed by atoms with van der Waals surface area (Å²) in [5.41, 5.74) is 0. The van der Waals surface area contributed by atoms with E-state index in [2.05, 4.69) is 10.6 Å². The first-order valence-corrected chi connectivity index (χ1v) is 5.53. The Morgan fingerprint density at radius 2 is 2.07 bits per heavy atom. The Bertz CT molecular complexity index is 141. The Morgan fingerprint density at radius 3 is 2.80 bits per heavy atom. The second-order valence-electron chi connectivity index (χ2n) is 3.51. The van der Waals surface area contributed by atoms with Gasteiger partial charge in [0.15, 0.2) is 0 Å². The quantitative estimate of drug-likeness (QED) is 0.524. The molecule has 0 amide bonds. The maximum absolute atomic E-state index is 5.50. The molecule has 90 valence electrons. The monoisotopic (exact) mass is 218 g/mol. The summed E-state index contributed by atoms with van der Waals surface area (Å²) < 4.78 is 15.7. The van der Waals surface area contributed by atoms with E-state index in [1.807, 2.05) is 0 Å². The molecule has 0 bridgehead atoms. The lowest BCUT2D eigenvalue weighted by atomic mass is 10.3. The van der Waals surface area contributed by atoms with Crippen LogP contribution in [-0.2, 0) is 14.2 Å². The standard InChI is InChI=1S/C10H22N2O3/c1-13-5-4-11-2-3-12-8-10-9-14-6-7-15-10/h10-12H,2-9H2,1H3. The third-order valence-electron chi connectivity index (χ3n) is 2.22. The van der Waals surface area contributed by atoms with Crippen LogP contribution < -0.4 is 10.6 Å². The molecule has 2 N–H and O–H groups in total. The summed E-state index contributed by atoms with van der Waals surface area (Å²) in [5, 5.41) is 6.59. The van der Waals surface area contributed by atoms with Crippen LogP contribution in [0.15, 0.2) is 0 Å². The molecular formula is C10H22N2O3. The zero-order chi connectivity index (χ0) is 10.8. The summed E-state index contributed by atoms with van der Waals surface area (Å²) in [5.74, 6) is 0. The molecule has 0 aromatic rings. The molecule has 1 atom stereocenters. The fourth-order valence-corrected chi connectivity index (χ4v) is 1.39. The number of ether oxygens (including phenoxy) is 3. The number of rotatable bonds is 8. The Balaban J connectivity index is 1.79. The van der Waals surface area contributed by atoms with Crippen molar-refractivity contribution in [1.82, 2.24) is 10.6 Å². The van der Waals surface area contributed by atoms with E-state index < -0.39 is 0 Å². The van der Waals surface area contributed by atoms with E-state index in [1.54, 1.807) is 7.11 Å². The normalized spacial score (nSPS) is 21.8. The number of nitrogens with one attached hydrogen (secondary N) is 2. The highest BCUT2D eigenvalue weighted by Crippen LogP contribution is 1.98. The lowest BCUT2D eigenvalue weighted by Crippen LogP contribution is -2.39. The number of hydrogen-bond acceptors (Lipinski definition) is 5. The van der Waals surface area contributed by atoms with Crippen molar-refractivity contribution in [1.29, 1.82) is 0 Å². The zero-order valence-electron chi connectivity index (χ0n) is 9.46. The SMILES string of the molecule is COCCNCCNCC1COCCO1. The van der Waals surface area contributed by atoms with Crippen LogP contribution in [0.3, 0.4) is 0 Å². The molecule has 0 spiro atoms. The van der Waals surface area contributed by atoms with Crippen LogP contribution in [0, 0.1) is 0 Å². The van der Waals surface area contributed by atoms with Gasteiger partial charge in [-0.05, 0) is 0 Å². The highest BCUT2D eigenvalue weighted by Gasteiger charge is 2.12.